The lowest BCUT2D eigenvalue weighted by atomic mass is 10.2. The number of nitrogens with zero attached hydrogens (tertiary/aromatic N) is 1. The third-order valence-corrected chi connectivity index (χ3v) is 4.55. The van der Waals surface area contributed by atoms with E-state index >= 15 is 0 Å². The summed E-state index contributed by atoms with van der Waals surface area (Å²) in [6.45, 7) is 2.01. The minimum Gasteiger partial charge on any atom is -0.272 e. The maximum Gasteiger partial charge on any atom is 0.288 e. The summed E-state index contributed by atoms with van der Waals surface area (Å²) >= 11 is 1.41. The van der Waals surface area contributed by atoms with Crippen LogP contribution in [0.1, 0.15) is 16.1 Å². The molecule has 1 heterocycles. The Labute approximate surface area is 149 Å². The van der Waals surface area contributed by atoms with Crippen molar-refractivity contribution in [1.82, 2.24) is 15.8 Å². The van der Waals surface area contributed by atoms with Crippen LogP contribution < -0.4 is 10.9 Å². The summed E-state index contributed by atoms with van der Waals surface area (Å²) in [7, 11) is 0. The molecule has 0 aliphatic heterocycles. The Kier molecular flexibility index (Phi) is 5.30. The number of carbonyl (C=O) groups excluding carboxylic acids is 2. The van der Waals surface area contributed by atoms with Crippen molar-refractivity contribution in [3.63, 3.8) is 0 Å². The van der Waals surface area contributed by atoms with E-state index in [-0.39, 0.29) is 17.4 Å². The lowest BCUT2D eigenvalue weighted by Gasteiger charge is -2.07. The van der Waals surface area contributed by atoms with Crippen molar-refractivity contribution in [3.05, 3.63) is 71.9 Å². The van der Waals surface area contributed by atoms with Gasteiger partial charge < -0.3 is 0 Å². The summed E-state index contributed by atoms with van der Waals surface area (Å²) in [6.07, 6.45) is 0. The Hall–Kier alpha value is -2.86. The van der Waals surface area contributed by atoms with Crippen LogP contribution in [0.3, 0.4) is 0 Å². The second kappa shape index (κ2) is 7.81. The molecule has 0 spiro atoms. The van der Waals surface area contributed by atoms with Crippen LogP contribution in [0.15, 0.2) is 65.6 Å². The van der Waals surface area contributed by atoms with Gasteiger partial charge in [0.25, 0.3) is 5.91 Å². The lowest BCUT2D eigenvalue weighted by Crippen LogP contribution is -2.42. The van der Waals surface area contributed by atoms with Crippen LogP contribution >= 0.6 is 11.8 Å². The summed E-state index contributed by atoms with van der Waals surface area (Å²) in [5.41, 5.74) is 6.96. The van der Waals surface area contributed by atoms with Gasteiger partial charge in [0.1, 0.15) is 5.69 Å². The molecule has 126 valence electrons. The number of carbonyl (C=O) groups is 2. The Morgan fingerprint density at radius 2 is 1.72 bits per heavy atom. The number of amides is 2. The molecule has 0 saturated heterocycles. The largest absolute Gasteiger partial charge is 0.288 e. The molecule has 5 nitrogen and oxygen atoms in total. The van der Waals surface area contributed by atoms with Gasteiger partial charge in [-0.15, -0.1) is 11.8 Å². The van der Waals surface area contributed by atoms with Crippen molar-refractivity contribution in [2.24, 2.45) is 0 Å². The molecule has 6 heteroatoms. The van der Waals surface area contributed by atoms with Gasteiger partial charge in [-0.3, -0.25) is 20.4 Å². The van der Waals surface area contributed by atoms with E-state index in [1.807, 2.05) is 61.5 Å². The smallest absolute Gasteiger partial charge is 0.272 e. The molecule has 0 fully saturated rings. The lowest BCUT2D eigenvalue weighted by molar-refractivity contribution is -0.119. The van der Waals surface area contributed by atoms with Gasteiger partial charge in [-0.2, -0.15) is 0 Å². The Bertz CT molecular complexity index is 910. The molecule has 25 heavy (non-hydrogen) atoms. The number of benzene rings is 2. The number of aryl methyl sites for hydroxylation is 1. The zero-order valence-electron chi connectivity index (χ0n) is 13.7. The molecule has 0 saturated carbocycles. The van der Waals surface area contributed by atoms with Gasteiger partial charge in [0.2, 0.25) is 5.91 Å². The molecule has 3 rings (SSSR count). The van der Waals surface area contributed by atoms with Crippen LogP contribution in [-0.4, -0.2) is 22.6 Å². The highest BCUT2D eigenvalue weighted by molar-refractivity contribution is 8.00. The predicted octanol–water partition coefficient (Wildman–Crippen LogP) is 3.10. The first kappa shape index (κ1) is 17.0. The van der Waals surface area contributed by atoms with Crippen molar-refractivity contribution in [1.29, 1.82) is 0 Å². The molecule has 0 aliphatic carbocycles. The monoisotopic (exact) mass is 351 g/mol. The van der Waals surface area contributed by atoms with Gasteiger partial charge in [0, 0.05) is 10.3 Å². The number of hydrogen-bond acceptors (Lipinski definition) is 4. The van der Waals surface area contributed by atoms with Crippen LogP contribution in [0.5, 0.6) is 0 Å². The van der Waals surface area contributed by atoms with Gasteiger partial charge in [0.15, 0.2) is 0 Å². The number of aromatic nitrogens is 1. The minimum absolute atomic E-state index is 0.217. The van der Waals surface area contributed by atoms with Gasteiger partial charge >= 0.3 is 0 Å². The van der Waals surface area contributed by atoms with E-state index in [1.165, 1.54) is 17.3 Å². The fourth-order valence-corrected chi connectivity index (χ4v) is 2.90. The standard InChI is InChI=1S/C19H17N3O2S/c1-13-6-9-15(10-7-13)25-12-18(23)21-22-19(24)17-11-8-14-4-2-3-5-16(14)20-17/h2-11H,12H2,1H3,(H,21,23)(H,22,24). The molecule has 0 atom stereocenters. The van der Waals surface area contributed by atoms with E-state index in [2.05, 4.69) is 15.8 Å². The summed E-state index contributed by atoms with van der Waals surface area (Å²) < 4.78 is 0. The third-order valence-electron chi connectivity index (χ3n) is 3.54. The average molecular weight is 351 g/mol. The fourth-order valence-electron chi connectivity index (χ4n) is 2.20. The molecule has 1 aromatic heterocycles. The van der Waals surface area contributed by atoms with Gasteiger partial charge in [-0.1, -0.05) is 42.0 Å². The molecule has 2 N–H and O–H groups in total. The predicted molar refractivity (Wildman–Crippen MR) is 99.3 cm³/mol. The molecule has 0 bridgehead atoms. The molecule has 0 aliphatic rings. The SMILES string of the molecule is Cc1ccc(SCC(=O)NNC(=O)c2ccc3ccccc3n2)cc1. The first-order valence-corrected chi connectivity index (χ1v) is 8.75. The number of hydrazine groups is 1. The Morgan fingerprint density at radius 3 is 2.52 bits per heavy atom. The van der Waals surface area contributed by atoms with Crippen LogP contribution in [0.25, 0.3) is 10.9 Å². The average Bonchev–Trinajstić information content (AvgIpc) is 2.65. The van der Waals surface area contributed by atoms with Crippen molar-refractivity contribution in [3.8, 4) is 0 Å². The van der Waals surface area contributed by atoms with Gasteiger partial charge in [-0.05, 0) is 31.2 Å². The second-order valence-corrected chi connectivity index (χ2v) is 6.54. The number of fused-ring (bicyclic) bond motifs is 1. The van der Waals surface area contributed by atoms with E-state index in [0.29, 0.717) is 0 Å². The van der Waals surface area contributed by atoms with E-state index in [1.54, 1.807) is 6.07 Å². The number of pyridine rings is 1. The quantitative estimate of drug-likeness (QED) is 0.560. The molecule has 0 radical (unpaired) electrons. The number of rotatable bonds is 4. The number of nitrogens with one attached hydrogen (secondary N) is 2. The van der Waals surface area contributed by atoms with E-state index in [9.17, 15) is 9.59 Å². The number of para-hydroxylation sites is 1. The summed E-state index contributed by atoms with van der Waals surface area (Å²) in [5, 5.41) is 0.956. The van der Waals surface area contributed by atoms with Crippen LogP contribution in [-0.2, 0) is 4.79 Å². The minimum atomic E-state index is -0.445. The fraction of sp³-hybridized carbons (Fsp3) is 0.105. The highest BCUT2D eigenvalue weighted by atomic mass is 32.2. The molecule has 2 aromatic carbocycles. The number of hydrogen-bond donors (Lipinski definition) is 2. The third kappa shape index (κ3) is 4.58. The van der Waals surface area contributed by atoms with Gasteiger partial charge in [0.05, 0.1) is 11.3 Å². The van der Waals surface area contributed by atoms with Crippen molar-refractivity contribution in [2.75, 3.05) is 5.75 Å². The van der Waals surface area contributed by atoms with Crippen LogP contribution in [0, 0.1) is 6.92 Å². The van der Waals surface area contributed by atoms with Crippen molar-refractivity contribution in [2.45, 2.75) is 11.8 Å². The molecular weight excluding hydrogens is 334 g/mol. The normalized spacial score (nSPS) is 10.4. The Balaban J connectivity index is 1.52. The van der Waals surface area contributed by atoms with Gasteiger partial charge in [-0.25, -0.2) is 4.98 Å². The Morgan fingerprint density at radius 1 is 0.960 bits per heavy atom. The number of thioether (sulfide) groups is 1. The zero-order valence-corrected chi connectivity index (χ0v) is 14.5. The summed E-state index contributed by atoms with van der Waals surface area (Å²) in [5.74, 6) is -0.506. The van der Waals surface area contributed by atoms with Crippen LogP contribution in [0.2, 0.25) is 0 Å². The maximum absolute atomic E-state index is 12.1. The highest BCUT2D eigenvalue weighted by Gasteiger charge is 2.10. The molecule has 0 unspecified atom stereocenters. The van der Waals surface area contributed by atoms with E-state index in [4.69, 9.17) is 0 Å². The molecular formula is C19H17N3O2S. The zero-order chi connectivity index (χ0) is 17.6. The first-order chi connectivity index (χ1) is 12.1. The molecule has 2 amide bonds. The highest BCUT2D eigenvalue weighted by Crippen LogP contribution is 2.17. The van der Waals surface area contributed by atoms with E-state index < -0.39 is 5.91 Å². The molecule has 3 aromatic rings. The van der Waals surface area contributed by atoms with E-state index in [0.717, 1.165) is 15.8 Å². The van der Waals surface area contributed by atoms with Crippen molar-refractivity contribution >= 4 is 34.5 Å². The summed E-state index contributed by atoms with van der Waals surface area (Å²) in [4.78, 5) is 29.3. The topological polar surface area (TPSA) is 71.1 Å². The second-order valence-electron chi connectivity index (χ2n) is 5.49. The van der Waals surface area contributed by atoms with Crippen LogP contribution in [0.4, 0.5) is 0 Å². The maximum atomic E-state index is 12.1. The van der Waals surface area contributed by atoms with Crippen molar-refractivity contribution < 1.29 is 9.59 Å². The summed E-state index contributed by atoms with van der Waals surface area (Å²) in [6, 6.07) is 18.9. The first-order valence-electron chi connectivity index (χ1n) is 7.76.